The quantitative estimate of drug-likeness (QED) is 0.148. The van der Waals surface area contributed by atoms with E-state index in [-0.39, 0.29) is 48.6 Å². The van der Waals surface area contributed by atoms with Crippen molar-refractivity contribution in [2.45, 2.75) is 109 Å². The highest BCUT2D eigenvalue weighted by Gasteiger charge is 2.43. The molecule has 4 aromatic rings. The first-order valence-corrected chi connectivity index (χ1v) is 21.1. The molecule has 1 aromatic heterocycles. The zero-order chi connectivity index (χ0) is 41.3. The third-order valence-corrected chi connectivity index (χ3v) is 12.0. The van der Waals surface area contributed by atoms with Crippen LogP contribution in [0.2, 0.25) is 0 Å². The lowest BCUT2D eigenvalue weighted by Crippen LogP contribution is -2.59. The number of carbonyl (C=O) groups excluding carboxylic acids is 2. The fraction of sp³-hybridized carbons (Fsp3) is 0.468. The number of likely N-dealkylation sites (tertiary alicyclic amines) is 1. The van der Waals surface area contributed by atoms with E-state index < -0.39 is 11.6 Å². The number of ether oxygens (including phenoxy) is 4. The number of nitrogens with zero attached hydrogens (tertiary/aromatic N) is 5. The summed E-state index contributed by atoms with van der Waals surface area (Å²) >= 11 is 0. The van der Waals surface area contributed by atoms with Crippen molar-refractivity contribution in [3.63, 3.8) is 0 Å². The van der Waals surface area contributed by atoms with Crippen molar-refractivity contribution in [3.8, 4) is 11.8 Å². The second-order valence-electron chi connectivity index (χ2n) is 17.3. The lowest BCUT2D eigenvalue weighted by Gasteiger charge is -2.49. The van der Waals surface area contributed by atoms with Crippen LogP contribution in [0.3, 0.4) is 0 Å². The maximum Gasteiger partial charge on any atom is 0.410 e. The average molecular weight is 806 g/mol. The van der Waals surface area contributed by atoms with Gasteiger partial charge in [0.05, 0.1) is 23.9 Å². The molecule has 0 N–H and O–H groups in total. The molecule has 4 aliphatic rings. The number of aromatic nitrogens is 1. The van der Waals surface area contributed by atoms with Crippen molar-refractivity contribution in [1.29, 1.82) is 0 Å². The topological polar surface area (TPSA) is 96.9 Å². The first kappa shape index (κ1) is 40.6. The van der Waals surface area contributed by atoms with E-state index in [1.165, 1.54) is 0 Å². The fourth-order valence-corrected chi connectivity index (χ4v) is 8.79. The van der Waals surface area contributed by atoms with Crippen molar-refractivity contribution >= 4 is 23.4 Å². The normalized spacial score (nSPS) is 22.5. The summed E-state index contributed by atoms with van der Waals surface area (Å²) in [7, 11) is 0. The zero-order valence-corrected chi connectivity index (χ0v) is 34.8. The molecule has 2 atom stereocenters. The molecule has 1 saturated carbocycles. The highest BCUT2D eigenvalue weighted by Crippen LogP contribution is 2.45. The highest BCUT2D eigenvalue weighted by molar-refractivity contribution is 6.12. The van der Waals surface area contributed by atoms with Crippen LogP contribution in [0.1, 0.15) is 93.4 Å². The lowest BCUT2D eigenvalue weighted by atomic mass is 9.86. The van der Waals surface area contributed by atoms with Crippen LogP contribution in [0, 0.1) is 5.82 Å². The first-order valence-electron chi connectivity index (χ1n) is 21.1. The number of pyridine rings is 1. The predicted octanol–water partition coefficient (Wildman–Crippen LogP) is 8.56. The van der Waals surface area contributed by atoms with Gasteiger partial charge in [0, 0.05) is 62.0 Å². The third-order valence-electron chi connectivity index (χ3n) is 12.0. The summed E-state index contributed by atoms with van der Waals surface area (Å²) in [6.07, 6.45) is 3.73. The monoisotopic (exact) mass is 805 g/mol. The molecule has 3 aromatic carbocycles. The van der Waals surface area contributed by atoms with Crippen molar-refractivity contribution < 1.29 is 32.9 Å². The van der Waals surface area contributed by atoms with Gasteiger partial charge < -0.3 is 28.7 Å². The molecule has 0 bridgehead atoms. The molecule has 2 amide bonds. The maximum atomic E-state index is 16.8. The van der Waals surface area contributed by atoms with Gasteiger partial charge in [-0.25, -0.2) is 9.18 Å². The standard InChI is InChI=1S/C47H56FN5O6/c1-31-28-51(35-26-37(27-35)58-36-20-22-50(23-21-36)46(55)59-47(3,4)5)24-25-52(31)39-17-16-38-42(43(39)48)32(2)53(45(38)54)40-18-19-41(56-29-33-12-8-6-9-13-33)49-44(40)57-30-34-14-10-7-11-15-34/h6-19,31-32,35-37H,20-30H2,1-5H3. The molecule has 8 rings (SSSR count). The Kier molecular flexibility index (Phi) is 11.8. The van der Waals surface area contributed by atoms with Gasteiger partial charge in [-0.15, -0.1) is 0 Å². The SMILES string of the molecule is CC1CN(C2CC(OC3CCN(C(=O)OC(C)(C)C)CC3)C2)CCN1c1ccc2c(c1F)C(C)N(c1ccc(OCc3ccccc3)nc1OCc1ccccc1)C2=O. The number of rotatable bonds is 11. The van der Waals surface area contributed by atoms with Crippen LogP contribution in [0.25, 0.3) is 0 Å². The highest BCUT2D eigenvalue weighted by atomic mass is 19.1. The molecule has 11 nitrogen and oxygen atoms in total. The predicted molar refractivity (Wildman–Crippen MR) is 225 cm³/mol. The number of piperidine rings is 1. The van der Waals surface area contributed by atoms with Gasteiger partial charge in [0.15, 0.2) is 5.82 Å². The Morgan fingerprint density at radius 3 is 2.08 bits per heavy atom. The molecule has 312 valence electrons. The third kappa shape index (κ3) is 9.04. The van der Waals surface area contributed by atoms with Crippen molar-refractivity contribution in [3.05, 3.63) is 113 Å². The molecule has 59 heavy (non-hydrogen) atoms. The number of halogens is 1. The first-order chi connectivity index (χ1) is 28.4. The molecule has 2 unspecified atom stereocenters. The van der Waals surface area contributed by atoms with E-state index in [2.05, 4.69) is 16.7 Å². The molecule has 3 fully saturated rings. The van der Waals surface area contributed by atoms with E-state index in [0.717, 1.165) is 49.9 Å². The van der Waals surface area contributed by atoms with Gasteiger partial charge in [0.2, 0.25) is 11.8 Å². The van der Waals surface area contributed by atoms with Gasteiger partial charge in [0.1, 0.15) is 24.5 Å². The van der Waals surface area contributed by atoms with Gasteiger partial charge in [-0.3, -0.25) is 14.6 Å². The minimum absolute atomic E-state index is 0.0718. The summed E-state index contributed by atoms with van der Waals surface area (Å²) in [4.78, 5) is 39.3. The number of benzene rings is 3. The molecular formula is C47H56FN5O6. The van der Waals surface area contributed by atoms with E-state index >= 15 is 4.39 Å². The Bertz CT molecular complexity index is 2100. The van der Waals surface area contributed by atoms with Crippen LogP contribution in [-0.2, 0) is 22.7 Å². The summed E-state index contributed by atoms with van der Waals surface area (Å²) in [5.74, 6) is -0.0505. The zero-order valence-electron chi connectivity index (χ0n) is 34.8. The second-order valence-corrected chi connectivity index (χ2v) is 17.3. The number of fused-ring (bicyclic) bond motifs is 1. The Hall–Kier alpha value is -5.20. The van der Waals surface area contributed by atoms with E-state index in [4.69, 9.17) is 23.9 Å². The van der Waals surface area contributed by atoms with E-state index in [9.17, 15) is 9.59 Å². The second kappa shape index (κ2) is 17.2. The molecule has 0 radical (unpaired) electrons. The minimum atomic E-state index is -0.595. The molecule has 0 spiro atoms. The van der Waals surface area contributed by atoms with Crippen molar-refractivity contribution in [1.82, 2.24) is 14.8 Å². The van der Waals surface area contributed by atoms with E-state index in [1.54, 1.807) is 34.1 Å². The maximum absolute atomic E-state index is 16.8. The summed E-state index contributed by atoms with van der Waals surface area (Å²) in [5, 5.41) is 0. The van der Waals surface area contributed by atoms with Crippen LogP contribution in [0.5, 0.6) is 11.8 Å². The van der Waals surface area contributed by atoms with Gasteiger partial charge in [0.25, 0.3) is 5.91 Å². The largest absolute Gasteiger partial charge is 0.473 e. The van der Waals surface area contributed by atoms with Crippen LogP contribution >= 0.6 is 0 Å². The Balaban J connectivity index is 0.898. The summed E-state index contributed by atoms with van der Waals surface area (Å²) in [6.45, 7) is 13.9. The van der Waals surface area contributed by atoms with Gasteiger partial charge >= 0.3 is 6.09 Å². The average Bonchev–Trinajstić information content (AvgIpc) is 3.47. The number of hydrogen-bond acceptors (Lipinski definition) is 9. The number of piperazine rings is 1. The molecule has 2 saturated heterocycles. The Morgan fingerprint density at radius 1 is 0.797 bits per heavy atom. The van der Waals surface area contributed by atoms with Crippen LogP contribution in [0.15, 0.2) is 84.9 Å². The van der Waals surface area contributed by atoms with Crippen molar-refractivity contribution in [2.24, 2.45) is 0 Å². The minimum Gasteiger partial charge on any atom is -0.473 e. The lowest BCUT2D eigenvalue weighted by molar-refractivity contribution is -0.104. The summed E-state index contributed by atoms with van der Waals surface area (Å²) in [5.41, 5.74) is 3.16. The molecule has 3 aliphatic heterocycles. The van der Waals surface area contributed by atoms with Gasteiger partial charge in [-0.1, -0.05) is 60.7 Å². The molecular weight excluding hydrogens is 750 g/mol. The smallest absolute Gasteiger partial charge is 0.410 e. The van der Waals surface area contributed by atoms with E-state index in [1.807, 2.05) is 88.4 Å². The van der Waals surface area contributed by atoms with Gasteiger partial charge in [-0.05, 0) is 89.6 Å². The summed E-state index contributed by atoms with van der Waals surface area (Å²) < 4.78 is 41.2. The van der Waals surface area contributed by atoms with Crippen LogP contribution in [0.4, 0.5) is 20.6 Å². The summed E-state index contributed by atoms with van der Waals surface area (Å²) in [6, 6.07) is 26.5. The van der Waals surface area contributed by atoms with Crippen LogP contribution < -0.4 is 19.3 Å². The fourth-order valence-electron chi connectivity index (χ4n) is 8.79. The molecule has 1 aliphatic carbocycles. The van der Waals surface area contributed by atoms with Crippen molar-refractivity contribution in [2.75, 3.05) is 42.5 Å². The number of hydrogen-bond donors (Lipinski definition) is 0. The number of amides is 2. The van der Waals surface area contributed by atoms with Crippen LogP contribution in [-0.4, -0.2) is 89.4 Å². The molecule has 4 heterocycles. The Morgan fingerprint density at radius 2 is 1.44 bits per heavy atom. The Labute approximate surface area is 347 Å². The molecule has 12 heteroatoms. The van der Waals surface area contributed by atoms with Gasteiger partial charge in [-0.2, -0.15) is 4.98 Å². The number of anilines is 2. The van der Waals surface area contributed by atoms with E-state index in [0.29, 0.717) is 60.7 Å². The number of carbonyl (C=O) groups is 2.